The maximum atomic E-state index is 12.7. The van der Waals surface area contributed by atoms with Crippen LogP contribution in [-0.4, -0.2) is 54.9 Å². The van der Waals surface area contributed by atoms with Gasteiger partial charge < -0.3 is 15.3 Å². The van der Waals surface area contributed by atoms with Crippen LogP contribution in [0.5, 0.6) is 0 Å². The van der Waals surface area contributed by atoms with E-state index in [2.05, 4.69) is 26.5 Å². The van der Waals surface area contributed by atoms with Gasteiger partial charge in [0.05, 0.1) is 24.1 Å². The minimum atomic E-state index is -0.361. The van der Waals surface area contributed by atoms with Crippen molar-refractivity contribution in [2.24, 2.45) is 0 Å². The van der Waals surface area contributed by atoms with Crippen LogP contribution in [0.4, 0.5) is 11.6 Å². The number of amides is 1. The van der Waals surface area contributed by atoms with Gasteiger partial charge in [-0.25, -0.2) is 9.97 Å². The number of aryl methyl sites for hydroxylation is 1. The molecule has 1 saturated heterocycles. The minimum Gasteiger partial charge on any atom is -0.393 e. The molecule has 2 aromatic heterocycles. The van der Waals surface area contributed by atoms with E-state index in [0.29, 0.717) is 37.4 Å². The summed E-state index contributed by atoms with van der Waals surface area (Å²) < 4.78 is 1.60. The van der Waals surface area contributed by atoms with Gasteiger partial charge in [-0.05, 0) is 56.5 Å². The van der Waals surface area contributed by atoms with Crippen LogP contribution in [0.2, 0.25) is 0 Å². The zero-order valence-corrected chi connectivity index (χ0v) is 18.1. The van der Waals surface area contributed by atoms with Crippen molar-refractivity contribution in [3.63, 3.8) is 0 Å². The second-order valence-corrected chi connectivity index (χ2v) is 7.97. The molecule has 1 aromatic carbocycles. The number of aliphatic hydroxyl groups excluding tert-OH is 1. The zero-order chi connectivity index (χ0) is 22.7. The Hall–Kier alpha value is -3.77. The van der Waals surface area contributed by atoms with E-state index in [0.717, 1.165) is 22.5 Å². The van der Waals surface area contributed by atoms with Crippen molar-refractivity contribution in [3.05, 3.63) is 54.0 Å². The normalized spacial score (nSPS) is 15.2. The first-order valence-electron chi connectivity index (χ1n) is 10.6. The molecule has 1 aliphatic rings. The van der Waals surface area contributed by atoms with Crippen molar-refractivity contribution in [1.29, 1.82) is 5.26 Å². The van der Waals surface area contributed by atoms with Gasteiger partial charge in [0.2, 0.25) is 5.95 Å². The summed E-state index contributed by atoms with van der Waals surface area (Å²) in [5, 5.41) is 26.1. The second-order valence-electron chi connectivity index (χ2n) is 7.97. The van der Waals surface area contributed by atoms with Gasteiger partial charge >= 0.3 is 0 Å². The molecule has 32 heavy (non-hydrogen) atoms. The first kappa shape index (κ1) is 21.5. The fraction of sp³-hybridized carbons (Fsp3) is 0.348. The SMILES string of the molecule is Cc1cnc(Nc2ccc(C(=O)N3CCC(O)CC3)cc2)nc1-c1cnn(C(C)C#N)c1. The summed E-state index contributed by atoms with van der Waals surface area (Å²) in [6.07, 6.45) is 6.15. The molecule has 4 rings (SSSR count). The van der Waals surface area contributed by atoms with Gasteiger partial charge in [-0.15, -0.1) is 0 Å². The van der Waals surface area contributed by atoms with Crippen LogP contribution in [-0.2, 0) is 0 Å². The van der Waals surface area contributed by atoms with E-state index in [1.165, 1.54) is 0 Å². The number of carbonyl (C=O) groups excluding carboxylic acids is 1. The summed E-state index contributed by atoms with van der Waals surface area (Å²) in [4.78, 5) is 23.4. The Balaban J connectivity index is 1.47. The molecule has 9 heteroatoms. The number of likely N-dealkylation sites (tertiary alicyclic amines) is 1. The molecule has 0 radical (unpaired) electrons. The van der Waals surface area contributed by atoms with Gasteiger partial charge in [0.25, 0.3) is 5.91 Å². The number of carbonyl (C=O) groups is 1. The largest absolute Gasteiger partial charge is 0.393 e. The molecule has 3 aromatic rings. The molecule has 0 aliphatic carbocycles. The third kappa shape index (κ3) is 4.60. The monoisotopic (exact) mass is 431 g/mol. The summed E-state index contributed by atoms with van der Waals surface area (Å²) in [6, 6.07) is 8.99. The average molecular weight is 432 g/mol. The maximum absolute atomic E-state index is 12.7. The molecule has 0 saturated carbocycles. The number of anilines is 2. The average Bonchev–Trinajstić information content (AvgIpc) is 3.30. The van der Waals surface area contributed by atoms with E-state index in [1.807, 2.05) is 19.1 Å². The van der Waals surface area contributed by atoms with E-state index in [9.17, 15) is 9.90 Å². The Morgan fingerprint density at radius 3 is 2.66 bits per heavy atom. The highest BCUT2D eigenvalue weighted by atomic mass is 16.3. The van der Waals surface area contributed by atoms with Crippen molar-refractivity contribution in [3.8, 4) is 17.3 Å². The number of hydrogen-bond acceptors (Lipinski definition) is 7. The lowest BCUT2D eigenvalue weighted by Gasteiger charge is -2.29. The Labute approximate surface area is 186 Å². The molecule has 1 aliphatic heterocycles. The number of aliphatic hydroxyl groups is 1. The van der Waals surface area contributed by atoms with Crippen molar-refractivity contribution < 1.29 is 9.90 Å². The highest BCUT2D eigenvalue weighted by molar-refractivity contribution is 5.94. The Bertz CT molecular complexity index is 1140. The van der Waals surface area contributed by atoms with Crippen LogP contribution in [0.25, 0.3) is 11.3 Å². The molecule has 1 atom stereocenters. The van der Waals surface area contributed by atoms with Crippen LogP contribution < -0.4 is 5.32 Å². The molecule has 1 unspecified atom stereocenters. The summed E-state index contributed by atoms with van der Waals surface area (Å²) >= 11 is 0. The van der Waals surface area contributed by atoms with E-state index >= 15 is 0 Å². The lowest BCUT2D eigenvalue weighted by Crippen LogP contribution is -2.40. The molecule has 1 fully saturated rings. The molecule has 1 amide bonds. The summed E-state index contributed by atoms with van der Waals surface area (Å²) in [6.45, 7) is 4.84. The summed E-state index contributed by atoms with van der Waals surface area (Å²) in [5.41, 5.74) is 3.81. The smallest absolute Gasteiger partial charge is 0.253 e. The van der Waals surface area contributed by atoms with Crippen molar-refractivity contribution in [2.45, 2.75) is 38.8 Å². The lowest BCUT2D eigenvalue weighted by molar-refractivity contribution is 0.0546. The number of piperidine rings is 1. The predicted molar refractivity (Wildman–Crippen MR) is 119 cm³/mol. The van der Waals surface area contributed by atoms with Gasteiger partial charge in [-0.3, -0.25) is 9.48 Å². The number of rotatable bonds is 5. The number of hydrogen-bond donors (Lipinski definition) is 2. The first-order chi connectivity index (χ1) is 15.4. The summed E-state index contributed by atoms with van der Waals surface area (Å²) in [7, 11) is 0. The lowest BCUT2D eigenvalue weighted by atomic mass is 10.1. The second kappa shape index (κ2) is 9.16. The maximum Gasteiger partial charge on any atom is 0.253 e. The van der Waals surface area contributed by atoms with E-state index in [-0.39, 0.29) is 18.1 Å². The van der Waals surface area contributed by atoms with Crippen LogP contribution in [0.1, 0.15) is 41.7 Å². The quantitative estimate of drug-likeness (QED) is 0.637. The summed E-state index contributed by atoms with van der Waals surface area (Å²) in [5.74, 6) is 0.400. The highest BCUT2D eigenvalue weighted by Crippen LogP contribution is 2.24. The molecule has 3 heterocycles. The van der Waals surface area contributed by atoms with Gasteiger partial charge in [-0.2, -0.15) is 10.4 Å². The van der Waals surface area contributed by atoms with Crippen LogP contribution >= 0.6 is 0 Å². The molecule has 164 valence electrons. The van der Waals surface area contributed by atoms with Gasteiger partial charge in [-0.1, -0.05) is 0 Å². The van der Waals surface area contributed by atoms with Gasteiger partial charge in [0.15, 0.2) is 0 Å². The number of nitrogens with one attached hydrogen (secondary N) is 1. The fourth-order valence-electron chi connectivity index (χ4n) is 3.60. The Morgan fingerprint density at radius 2 is 1.97 bits per heavy atom. The molecule has 2 N–H and O–H groups in total. The van der Waals surface area contributed by atoms with Crippen molar-refractivity contribution >= 4 is 17.5 Å². The van der Waals surface area contributed by atoms with Crippen molar-refractivity contribution in [2.75, 3.05) is 18.4 Å². The van der Waals surface area contributed by atoms with E-state index in [1.54, 1.807) is 47.2 Å². The van der Waals surface area contributed by atoms with Crippen molar-refractivity contribution in [1.82, 2.24) is 24.6 Å². The molecule has 0 bridgehead atoms. The highest BCUT2D eigenvalue weighted by Gasteiger charge is 2.22. The molecular formula is C23H25N7O2. The molecular weight excluding hydrogens is 406 g/mol. The standard InChI is InChI=1S/C23H25N7O2/c1-15-12-25-23(28-21(15)18-13-26-30(14-18)16(2)11-24)27-19-5-3-17(4-6-19)22(32)29-9-7-20(31)8-10-29/h3-6,12-14,16,20,31H,7-10H2,1-2H3,(H,25,27,28). The predicted octanol–water partition coefficient (Wildman–Crippen LogP) is 3.07. The molecule has 9 nitrogen and oxygen atoms in total. The minimum absolute atomic E-state index is 0.0269. The number of nitrogens with zero attached hydrogens (tertiary/aromatic N) is 6. The Morgan fingerprint density at radius 1 is 1.25 bits per heavy atom. The van der Waals surface area contributed by atoms with E-state index < -0.39 is 0 Å². The fourth-order valence-corrected chi connectivity index (χ4v) is 3.60. The number of nitriles is 1. The topological polar surface area (TPSA) is 120 Å². The van der Waals surface area contributed by atoms with Gasteiger partial charge in [0.1, 0.15) is 6.04 Å². The zero-order valence-electron chi connectivity index (χ0n) is 18.1. The van der Waals surface area contributed by atoms with Gasteiger partial charge in [0, 0.05) is 42.3 Å². The van der Waals surface area contributed by atoms with E-state index in [4.69, 9.17) is 5.26 Å². The molecule has 0 spiro atoms. The first-order valence-corrected chi connectivity index (χ1v) is 10.6. The van der Waals surface area contributed by atoms with Crippen LogP contribution in [0.3, 0.4) is 0 Å². The third-order valence-corrected chi connectivity index (χ3v) is 5.57. The van der Waals surface area contributed by atoms with Crippen LogP contribution in [0.15, 0.2) is 42.9 Å². The Kier molecular flexibility index (Phi) is 6.14. The number of benzene rings is 1. The third-order valence-electron chi connectivity index (χ3n) is 5.57. The van der Waals surface area contributed by atoms with Crippen LogP contribution in [0, 0.1) is 18.3 Å². The number of aromatic nitrogens is 4.